The molecule has 0 saturated carbocycles. The van der Waals surface area contributed by atoms with E-state index in [2.05, 4.69) is 24.2 Å². The van der Waals surface area contributed by atoms with Crippen LogP contribution in [0.25, 0.3) is 27.3 Å². The van der Waals surface area contributed by atoms with Gasteiger partial charge in [-0.3, -0.25) is 4.79 Å². The van der Waals surface area contributed by atoms with Crippen molar-refractivity contribution < 1.29 is 0 Å². The van der Waals surface area contributed by atoms with Gasteiger partial charge in [-0.1, -0.05) is 35.9 Å². The topological polar surface area (TPSA) is 34.4 Å². The molecular formula is C18H14N2O. The van der Waals surface area contributed by atoms with Gasteiger partial charge in [-0.05, 0) is 36.9 Å². The molecule has 3 heteroatoms. The van der Waals surface area contributed by atoms with Gasteiger partial charge in [0.1, 0.15) is 5.65 Å². The summed E-state index contributed by atoms with van der Waals surface area (Å²) in [6.07, 6.45) is 2.06. The van der Waals surface area contributed by atoms with E-state index in [4.69, 9.17) is 0 Å². The van der Waals surface area contributed by atoms with Crippen molar-refractivity contribution in [1.82, 2.24) is 9.38 Å². The molecular weight excluding hydrogens is 260 g/mol. The average Bonchev–Trinajstić information content (AvgIpc) is 2.49. The number of benzene rings is 2. The van der Waals surface area contributed by atoms with Gasteiger partial charge in [0, 0.05) is 11.6 Å². The standard InChI is InChI=1S/C18H14N2O/c1-11-7-8-16-15(9-11)18(21)19-17-14-6-4-3-5-13(14)12(2)10-20(16)17/h3-10H,1-2H3. The molecule has 0 aliphatic rings. The second kappa shape index (κ2) is 4.16. The summed E-state index contributed by atoms with van der Waals surface area (Å²) in [5.74, 6) is 0. The summed E-state index contributed by atoms with van der Waals surface area (Å²) in [6, 6.07) is 14.0. The Morgan fingerprint density at radius 3 is 2.52 bits per heavy atom. The van der Waals surface area contributed by atoms with Gasteiger partial charge in [0.05, 0.1) is 10.9 Å². The molecule has 21 heavy (non-hydrogen) atoms. The fourth-order valence-corrected chi connectivity index (χ4v) is 2.96. The minimum atomic E-state index is -0.164. The third-order valence-corrected chi connectivity index (χ3v) is 3.99. The van der Waals surface area contributed by atoms with Crippen molar-refractivity contribution in [1.29, 1.82) is 0 Å². The highest BCUT2D eigenvalue weighted by Crippen LogP contribution is 2.24. The quantitative estimate of drug-likeness (QED) is 0.459. The SMILES string of the molecule is Cc1ccc2c(c1)c(=O)nc1c3ccccc3c(C)cn21. The van der Waals surface area contributed by atoms with Crippen LogP contribution in [-0.2, 0) is 0 Å². The zero-order valence-electron chi connectivity index (χ0n) is 11.9. The van der Waals surface area contributed by atoms with Gasteiger partial charge < -0.3 is 4.40 Å². The molecule has 0 atom stereocenters. The Morgan fingerprint density at radius 1 is 0.952 bits per heavy atom. The summed E-state index contributed by atoms with van der Waals surface area (Å²) in [5, 5.41) is 2.81. The van der Waals surface area contributed by atoms with Crippen molar-refractivity contribution in [3.05, 3.63) is 70.1 Å². The first-order chi connectivity index (χ1) is 10.1. The van der Waals surface area contributed by atoms with Crippen molar-refractivity contribution in [2.24, 2.45) is 0 Å². The summed E-state index contributed by atoms with van der Waals surface area (Å²) in [5.41, 5.74) is 3.70. The molecule has 0 N–H and O–H groups in total. The zero-order valence-corrected chi connectivity index (χ0v) is 11.9. The fourth-order valence-electron chi connectivity index (χ4n) is 2.96. The predicted octanol–water partition coefficient (Wildman–Crippen LogP) is 3.62. The minimum absolute atomic E-state index is 0.164. The summed E-state index contributed by atoms with van der Waals surface area (Å²) in [4.78, 5) is 16.7. The van der Waals surface area contributed by atoms with Crippen LogP contribution in [0.5, 0.6) is 0 Å². The van der Waals surface area contributed by atoms with Crippen LogP contribution in [0.15, 0.2) is 53.5 Å². The number of aromatic nitrogens is 2. The first-order valence-corrected chi connectivity index (χ1v) is 6.96. The van der Waals surface area contributed by atoms with Gasteiger partial charge in [-0.2, -0.15) is 4.98 Å². The van der Waals surface area contributed by atoms with E-state index < -0.39 is 0 Å². The molecule has 2 aromatic heterocycles. The Balaban J connectivity index is 2.36. The first-order valence-electron chi connectivity index (χ1n) is 6.96. The molecule has 0 fully saturated rings. The molecule has 0 spiro atoms. The monoisotopic (exact) mass is 274 g/mol. The molecule has 4 aromatic rings. The maximum atomic E-state index is 12.3. The zero-order chi connectivity index (χ0) is 14.6. The molecule has 0 amide bonds. The molecule has 2 heterocycles. The highest BCUT2D eigenvalue weighted by atomic mass is 16.1. The fraction of sp³-hybridized carbons (Fsp3) is 0.111. The molecule has 0 saturated heterocycles. The molecule has 3 nitrogen and oxygen atoms in total. The van der Waals surface area contributed by atoms with Crippen molar-refractivity contribution >= 4 is 27.3 Å². The van der Waals surface area contributed by atoms with E-state index >= 15 is 0 Å². The Bertz CT molecular complexity index is 1080. The number of hydrogen-bond donors (Lipinski definition) is 0. The van der Waals surface area contributed by atoms with Crippen molar-refractivity contribution in [2.75, 3.05) is 0 Å². The van der Waals surface area contributed by atoms with Gasteiger partial charge in [-0.15, -0.1) is 0 Å². The maximum absolute atomic E-state index is 12.3. The van der Waals surface area contributed by atoms with E-state index in [-0.39, 0.29) is 5.56 Å². The molecule has 0 aliphatic carbocycles. The summed E-state index contributed by atoms with van der Waals surface area (Å²) in [7, 11) is 0. The van der Waals surface area contributed by atoms with Gasteiger partial charge in [0.15, 0.2) is 0 Å². The molecule has 2 aromatic carbocycles. The Kier molecular flexibility index (Phi) is 2.39. The second-order valence-electron chi connectivity index (χ2n) is 5.49. The number of hydrogen-bond acceptors (Lipinski definition) is 2. The highest BCUT2D eigenvalue weighted by Gasteiger charge is 2.09. The van der Waals surface area contributed by atoms with Crippen LogP contribution in [0.3, 0.4) is 0 Å². The number of rotatable bonds is 0. The maximum Gasteiger partial charge on any atom is 0.281 e. The Morgan fingerprint density at radius 2 is 1.71 bits per heavy atom. The average molecular weight is 274 g/mol. The highest BCUT2D eigenvalue weighted by molar-refractivity contribution is 5.98. The molecule has 0 aliphatic heterocycles. The van der Waals surface area contributed by atoms with Gasteiger partial charge in [-0.25, -0.2) is 0 Å². The lowest BCUT2D eigenvalue weighted by molar-refractivity contribution is 1.13. The molecule has 102 valence electrons. The normalized spacial score (nSPS) is 11.5. The van der Waals surface area contributed by atoms with Crippen molar-refractivity contribution in [3.8, 4) is 0 Å². The van der Waals surface area contributed by atoms with E-state index in [1.54, 1.807) is 0 Å². The number of fused-ring (bicyclic) bond motifs is 5. The van der Waals surface area contributed by atoms with Gasteiger partial charge in [0.2, 0.25) is 0 Å². The first kappa shape index (κ1) is 12.1. The van der Waals surface area contributed by atoms with Crippen LogP contribution in [-0.4, -0.2) is 9.38 Å². The third kappa shape index (κ3) is 1.67. The minimum Gasteiger partial charge on any atom is -0.300 e. The van der Waals surface area contributed by atoms with Crippen molar-refractivity contribution in [2.45, 2.75) is 13.8 Å². The Labute approximate surface area is 121 Å². The molecule has 0 radical (unpaired) electrons. The van der Waals surface area contributed by atoms with Crippen LogP contribution >= 0.6 is 0 Å². The summed E-state index contributed by atoms with van der Waals surface area (Å²) < 4.78 is 2.02. The smallest absolute Gasteiger partial charge is 0.281 e. The van der Waals surface area contributed by atoms with Crippen molar-refractivity contribution in [3.63, 3.8) is 0 Å². The lowest BCUT2D eigenvalue weighted by atomic mass is 10.1. The summed E-state index contributed by atoms with van der Waals surface area (Å²) >= 11 is 0. The predicted molar refractivity (Wildman–Crippen MR) is 85.9 cm³/mol. The van der Waals surface area contributed by atoms with E-state index in [0.29, 0.717) is 5.39 Å². The number of pyridine rings is 1. The lowest BCUT2D eigenvalue weighted by Gasteiger charge is -2.11. The van der Waals surface area contributed by atoms with Crippen LogP contribution in [0, 0.1) is 13.8 Å². The van der Waals surface area contributed by atoms with E-state index in [1.807, 2.05) is 47.7 Å². The van der Waals surface area contributed by atoms with E-state index in [1.165, 1.54) is 5.56 Å². The largest absolute Gasteiger partial charge is 0.300 e. The molecule has 0 unspecified atom stereocenters. The summed E-state index contributed by atoms with van der Waals surface area (Å²) in [6.45, 7) is 4.07. The van der Waals surface area contributed by atoms with Crippen LogP contribution in [0.1, 0.15) is 11.1 Å². The number of nitrogens with zero attached hydrogens (tertiary/aromatic N) is 2. The lowest BCUT2D eigenvalue weighted by Crippen LogP contribution is -2.11. The Hall–Kier alpha value is -2.68. The van der Waals surface area contributed by atoms with Crippen LogP contribution in [0.4, 0.5) is 0 Å². The number of aryl methyl sites for hydroxylation is 2. The van der Waals surface area contributed by atoms with E-state index in [9.17, 15) is 4.79 Å². The second-order valence-corrected chi connectivity index (χ2v) is 5.49. The van der Waals surface area contributed by atoms with Crippen LogP contribution in [0.2, 0.25) is 0 Å². The van der Waals surface area contributed by atoms with Crippen LogP contribution < -0.4 is 5.56 Å². The molecule has 4 rings (SSSR count). The van der Waals surface area contributed by atoms with Gasteiger partial charge in [0.25, 0.3) is 5.56 Å². The third-order valence-electron chi connectivity index (χ3n) is 3.99. The van der Waals surface area contributed by atoms with E-state index in [0.717, 1.165) is 27.5 Å². The van der Waals surface area contributed by atoms with Gasteiger partial charge >= 0.3 is 0 Å². The molecule has 0 bridgehead atoms.